The zero-order chi connectivity index (χ0) is 14.4. The van der Waals surface area contributed by atoms with E-state index in [-0.39, 0.29) is 0 Å². The van der Waals surface area contributed by atoms with Crippen LogP contribution >= 0.6 is 0 Å². The molecule has 1 fully saturated rings. The fourth-order valence-electron chi connectivity index (χ4n) is 2.45. The number of anilines is 1. The van der Waals surface area contributed by atoms with E-state index in [1.165, 1.54) is 25.7 Å². The average molecular weight is 275 g/mol. The van der Waals surface area contributed by atoms with Crippen molar-refractivity contribution in [2.24, 2.45) is 4.99 Å². The number of guanidine groups is 1. The van der Waals surface area contributed by atoms with Gasteiger partial charge in [-0.15, -0.1) is 0 Å². The Labute approximate surface area is 121 Å². The number of pyridine rings is 1. The molecule has 1 aliphatic rings. The summed E-state index contributed by atoms with van der Waals surface area (Å²) in [7, 11) is 5.81. The third-order valence-electron chi connectivity index (χ3n) is 3.61. The molecule has 0 aliphatic heterocycles. The summed E-state index contributed by atoms with van der Waals surface area (Å²) in [5.74, 6) is 1.84. The van der Waals surface area contributed by atoms with Gasteiger partial charge >= 0.3 is 0 Å². The SMILES string of the molecule is CN=C(NCc1cccc(N(C)C)n1)NC1CCCC1. The first-order valence-electron chi connectivity index (χ1n) is 7.29. The molecule has 110 valence electrons. The van der Waals surface area contributed by atoms with E-state index in [1.54, 1.807) is 0 Å². The Hall–Kier alpha value is -1.78. The molecule has 1 aromatic heterocycles. The first-order chi connectivity index (χ1) is 9.69. The van der Waals surface area contributed by atoms with Gasteiger partial charge in [0.15, 0.2) is 5.96 Å². The van der Waals surface area contributed by atoms with Crippen LogP contribution in [0.1, 0.15) is 31.4 Å². The summed E-state index contributed by atoms with van der Waals surface area (Å²) in [5.41, 5.74) is 1.02. The van der Waals surface area contributed by atoms with Gasteiger partial charge in [-0.2, -0.15) is 0 Å². The van der Waals surface area contributed by atoms with Gasteiger partial charge in [0.2, 0.25) is 0 Å². The standard InChI is InChI=1S/C15H25N5/c1-16-15(19-12-7-4-5-8-12)17-11-13-9-6-10-14(18-13)20(2)3/h6,9-10,12H,4-5,7-8,11H2,1-3H3,(H2,16,17,19). The lowest BCUT2D eigenvalue weighted by Crippen LogP contribution is -2.42. The molecule has 0 saturated heterocycles. The van der Waals surface area contributed by atoms with Gasteiger partial charge in [-0.3, -0.25) is 4.99 Å². The molecular weight excluding hydrogens is 250 g/mol. The molecule has 1 aromatic rings. The van der Waals surface area contributed by atoms with Gasteiger partial charge in [0.1, 0.15) is 5.82 Å². The Morgan fingerprint density at radius 1 is 1.35 bits per heavy atom. The highest BCUT2D eigenvalue weighted by Crippen LogP contribution is 2.17. The van der Waals surface area contributed by atoms with Crippen LogP contribution < -0.4 is 15.5 Å². The van der Waals surface area contributed by atoms with Crippen molar-refractivity contribution in [2.45, 2.75) is 38.3 Å². The number of hydrogen-bond donors (Lipinski definition) is 2. The summed E-state index contributed by atoms with van der Waals surface area (Å²) >= 11 is 0. The molecule has 0 unspecified atom stereocenters. The van der Waals surface area contributed by atoms with Crippen molar-refractivity contribution >= 4 is 11.8 Å². The third kappa shape index (κ3) is 4.11. The molecule has 0 radical (unpaired) electrons. The average Bonchev–Trinajstić information content (AvgIpc) is 2.96. The van der Waals surface area contributed by atoms with Crippen molar-refractivity contribution < 1.29 is 0 Å². The van der Waals surface area contributed by atoms with Crippen LogP contribution in [0.5, 0.6) is 0 Å². The summed E-state index contributed by atoms with van der Waals surface area (Å²) in [6.45, 7) is 0.689. The summed E-state index contributed by atoms with van der Waals surface area (Å²) in [6.07, 6.45) is 5.13. The van der Waals surface area contributed by atoms with Crippen LogP contribution in [0.2, 0.25) is 0 Å². The molecule has 5 heteroatoms. The molecule has 0 atom stereocenters. The van der Waals surface area contributed by atoms with E-state index in [9.17, 15) is 0 Å². The summed E-state index contributed by atoms with van der Waals surface area (Å²) in [5, 5.41) is 6.81. The lowest BCUT2D eigenvalue weighted by atomic mass is 10.2. The van der Waals surface area contributed by atoms with E-state index in [0.29, 0.717) is 12.6 Å². The molecule has 0 amide bonds. The van der Waals surface area contributed by atoms with Crippen molar-refractivity contribution in [3.63, 3.8) is 0 Å². The Morgan fingerprint density at radius 3 is 2.75 bits per heavy atom. The maximum absolute atomic E-state index is 4.59. The predicted octanol–water partition coefficient (Wildman–Crippen LogP) is 1.76. The highest BCUT2D eigenvalue weighted by atomic mass is 15.2. The monoisotopic (exact) mass is 275 g/mol. The van der Waals surface area contributed by atoms with Crippen molar-refractivity contribution in [1.82, 2.24) is 15.6 Å². The maximum atomic E-state index is 4.59. The normalized spacial score (nSPS) is 16.2. The van der Waals surface area contributed by atoms with E-state index in [1.807, 2.05) is 44.2 Å². The minimum Gasteiger partial charge on any atom is -0.363 e. The van der Waals surface area contributed by atoms with Gasteiger partial charge in [-0.25, -0.2) is 4.98 Å². The molecule has 1 heterocycles. The van der Waals surface area contributed by atoms with Crippen LogP contribution in [0.15, 0.2) is 23.2 Å². The van der Waals surface area contributed by atoms with Gasteiger partial charge < -0.3 is 15.5 Å². The predicted molar refractivity (Wildman–Crippen MR) is 84.2 cm³/mol. The second-order valence-corrected chi connectivity index (χ2v) is 5.43. The Balaban J connectivity index is 1.87. The number of aliphatic imine (C=N–C) groups is 1. The third-order valence-corrected chi connectivity index (χ3v) is 3.61. The molecule has 20 heavy (non-hydrogen) atoms. The maximum Gasteiger partial charge on any atom is 0.191 e. The second kappa shape index (κ2) is 7.12. The lowest BCUT2D eigenvalue weighted by Gasteiger charge is -2.17. The van der Waals surface area contributed by atoms with E-state index >= 15 is 0 Å². The molecule has 5 nitrogen and oxygen atoms in total. The molecule has 2 N–H and O–H groups in total. The Morgan fingerprint density at radius 2 is 2.10 bits per heavy atom. The van der Waals surface area contributed by atoms with Crippen LogP contribution in [0, 0.1) is 0 Å². The van der Waals surface area contributed by atoms with Crippen LogP contribution in [-0.4, -0.2) is 38.1 Å². The van der Waals surface area contributed by atoms with Crippen LogP contribution in [0.4, 0.5) is 5.82 Å². The number of nitrogens with zero attached hydrogens (tertiary/aromatic N) is 3. The quantitative estimate of drug-likeness (QED) is 0.649. The summed E-state index contributed by atoms with van der Waals surface area (Å²) in [4.78, 5) is 10.9. The van der Waals surface area contributed by atoms with Gasteiger partial charge in [0.05, 0.1) is 12.2 Å². The number of aromatic nitrogens is 1. The van der Waals surface area contributed by atoms with E-state index < -0.39 is 0 Å². The molecule has 1 aliphatic carbocycles. The number of rotatable bonds is 4. The smallest absolute Gasteiger partial charge is 0.191 e. The van der Waals surface area contributed by atoms with Gasteiger partial charge in [0, 0.05) is 27.2 Å². The Kier molecular flexibility index (Phi) is 5.21. The summed E-state index contributed by atoms with van der Waals surface area (Å²) in [6, 6.07) is 6.65. The molecular formula is C15H25N5. The van der Waals surface area contributed by atoms with Crippen molar-refractivity contribution in [2.75, 3.05) is 26.0 Å². The highest BCUT2D eigenvalue weighted by Gasteiger charge is 2.15. The minimum absolute atomic E-state index is 0.572. The molecule has 0 aromatic carbocycles. The second-order valence-electron chi connectivity index (χ2n) is 5.43. The lowest BCUT2D eigenvalue weighted by molar-refractivity contribution is 0.612. The van der Waals surface area contributed by atoms with Gasteiger partial charge in [0.25, 0.3) is 0 Å². The van der Waals surface area contributed by atoms with E-state index in [2.05, 4.69) is 20.6 Å². The van der Waals surface area contributed by atoms with Crippen molar-refractivity contribution in [3.05, 3.63) is 23.9 Å². The number of hydrogen-bond acceptors (Lipinski definition) is 3. The molecule has 2 rings (SSSR count). The highest BCUT2D eigenvalue weighted by molar-refractivity contribution is 5.79. The van der Waals surface area contributed by atoms with Crippen molar-refractivity contribution in [1.29, 1.82) is 0 Å². The largest absolute Gasteiger partial charge is 0.363 e. The van der Waals surface area contributed by atoms with Crippen LogP contribution in [0.3, 0.4) is 0 Å². The Bertz CT molecular complexity index is 449. The fraction of sp³-hybridized carbons (Fsp3) is 0.600. The zero-order valence-electron chi connectivity index (χ0n) is 12.7. The van der Waals surface area contributed by atoms with Crippen LogP contribution in [0.25, 0.3) is 0 Å². The topological polar surface area (TPSA) is 52.6 Å². The molecule has 0 bridgehead atoms. The molecule has 0 spiro atoms. The fourth-order valence-corrected chi connectivity index (χ4v) is 2.45. The molecule has 1 saturated carbocycles. The summed E-state index contributed by atoms with van der Waals surface area (Å²) < 4.78 is 0. The van der Waals surface area contributed by atoms with Gasteiger partial charge in [-0.1, -0.05) is 18.9 Å². The van der Waals surface area contributed by atoms with E-state index in [0.717, 1.165) is 17.5 Å². The van der Waals surface area contributed by atoms with Crippen LogP contribution in [-0.2, 0) is 6.54 Å². The minimum atomic E-state index is 0.572. The first-order valence-corrected chi connectivity index (χ1v) is 7.29. The number of nitrogens with one attached hydrogen (secondary N) is 2. The van der Waals surface area contributed by atoms with Gasteiger partial charge in [-0.05, 0) is 25.0 Å². The van der Waals surface area contributed by atoms with Crippen molar-refractivity contribution in [3.8, 4) is 0 Å². The van der Waals surface area contributed by atoms with E-state index in [4.69, 9.17) is 0 Å². The first kappa shape index (κ1) is 14.6. The zero-order valence-corrected chi connectivity index (χ0v) is 12.7.